The Morgan fingerprint density at radius 3 is 2.61 bits per heavy atom. The number of methoxy groups -OCH3 is 1. The van der Waals surface area contributed by atoms with Gasteiger partial charge in [-0.1, -0.05) is 40.3 Å². The molecule has 370 valence electrons. The molecular formula is C51H69N9O7SSi. The number of hydrogen-bond donors (Lipinski definition) is 2. The standard InChI is InChI=1S/C51H69N9O7SSi/c1-10-41(61)59-22-13-18-50(59)20-24-57(29-50)48(65)56(8)43(31(3)4)45(62)54-37-26-40-53-38(28-68-40)33-16-17-39-35(25-33)36(44(58(39)11-2)34-15-12-21-52-42(34)32(5)66-9)27-49(6,7)30-67-47(64)51(69)19-14-23-60(55-51)46(37)63/h10,12,15-17,21,25,28,31-32,37,43,55H,1,11,13-14,18-20,22-24,26-27,29-30H2,2-9,69H3,(H,54,62)/t32-,37-,43-,50+,51-/m0/s1. The van der Waals surface area contributed by atoms with Gasteiger partial charge in [0.25, 0.3) is 5.91 Å². The molecule has 7 heterocycles. The average molecular weight is 980 g/mol. The van der Waals surface area contributed by atoms with E-state index in [4.69, 9.17) is 19.4 Å². The first-order chi connectivity index (χ1) is 32.8. The van der Waals surface area contributed by atoms with E-state index in [2.05, 4.69) is 66.9 Å². The van der Waals surface area contributed by atoms with Crippen LogP contribution in [0.15, 0.2) is 54.6 Å². The van der Waals surface area contributed by atoms with E-state index in [1.807, 2.05) is 37.1 Å². The molecule has 1 spiro atoms. The Morgan fingerprint density at radius 2 is 1.88 bits per heavy atom. The van der Waals surface area contributed by atoms with Crippen LogP contribution in [0.3, 0.4) is 0 Å². The van der Waals surface area contributed by atoms with Crippen LogP contribution in [0.2, 0.25) is 0 Å². The first-order valence-electron chi connectivity index (χ1n) is 24.4. The molecule has 2 N–H and O–H groups in total. The molecule has 4 aliphatic heterocycles. The van der Waals surface area contributed by atoms with E-state index >= 15 is 0 Å². The molecule has 0 aliphatic carbocycles. The number of likely N-dealkylation sites (N-methyl/N-ethyl adjacent to an activating group) is 1. The molecule has 16 nitrogen and oxygen atoms in total. The second kappa shape index (κ2) is 19.8. The maximum Gasteiger partial charge on any atom is 0.323 e. The predicted octanol–water partition coefficient (Wildman–Crippen LogP) is 5.22. The summed E-state index contributed by atoms with van der Waals surface area (Å²) in [5.41, 5.74) is 8.99. The fourth-order valence-corrected chi connectivity index (χ4v) is 12.8. The topological polar surface area (TPSA) is 172 Å². The molecule has 3 saturated heterocycles. The lowest BCUT2D eigenvalue weighted by Crippen LogP contribution is -2.67. The SMILES string of the molecule is C=CC(=O)N1CCC[C@]12CCN(C(=O)N(C)[C@H](C(=O)N[C@H]1Cc3nc(cs3)-c3ccc4c(c3)c(c(-c3cccnc3[C@H](C)OC)n4CC)CC(C)(C)COC(=O)[C@@]3([SiH3])CCCN(N3)C1=O)C(C)C)C2. The number of pyridine rings is 1. The van der Waals surface area contributed by atoms with Crippen LogP contribution < -0.4 is 10.7 Å². The van der Waals surface area contributed by atoms with Crippen LogP contribution in [0, 0.1) is 11.3 Å². The Morgan fingerprint density at radius 1 is 1.12 bits per heavy atom. The number of nitrogens with one attached hydrogen (secondary N) is 2. The smallest absolute Gasteiger partial charge is 0.323 e. The number of fused-ring (bicyclic) bond motifs is 6. The molecule has 3 aromatic heterocycles. The number of hydrazine groups is 1. The van der Waals surface area contributed by atoms with Gasteiger partial charge in [0.05, 0.1) is 40.3 Å². The summed E-state index contributed by atoms with van der Waals surface area (Å²) in [5, 5.41) is 7.14. The zero-order chi connectivity index (χ0) is 49.6. The second-order valence-electron chi connectivity index (χ2n) is 20.7. The molecule has 5 atom stereocenters. The summed E-state index contributed by atoms with van der Waals surface area (Å²) in [4.78, 5) is 85.9. The van der Waals surface area contributed by atoms with Crippen LogP contribution >= 0.6 is 11.3 Å². The summed E-state index contributed by atoms with van der Waals surface area (Å²) in [6, 6.07) is 8.12. The minimum absolute atomic E-state index is 0.0792. The number of rotatable bonds is 9. The molecule has 4 aromatic rings. The number of urea groups is 1. The lowest BCUT2D eigenvalue weighted by Gasteiger charge is -2.41. The van der Waals surface area contributed by atoms with Crippen molar-refractivity contribution in [1.29, 1.82) is 0 Å². The van der Waals surface area contributed by atoms with Crippen molar-refractivity contribution in [3.05, 3.63) is 70.8 Å². The van der Waals surface area contributed by atoms with Gasteiger partial charge in [0.1, 0.15) is 17.2 Å². The second-order valence-corrected chi connectivity index (χ2v) is 23.4. The number of aromatic nitrogens is 3. The molecule has 69 heavy (non-hydrogen) atoms. The van der Waals surface area contributed by atoms with Crippen LogP contribution in [0.4, 0.5) is 4.79 Å². The lowest BCUT2D eigenvalue weighted by molar-refractivity contribution is -0.158. The Labute approximate surface area is 412 Å². The zero-order valence-corrected chi connectivity index (χ0v) is 44.5. The number of amides is 5. The number of benzene rings is 1. The van der Waals surface area contributed by atoms with Gasteiger partial charge < -0.3 is 34.1 Å². The largest absolute Gasteiger partial charge is 0.464 e. The highest BCUT2D eigenvalue weighted by atomic mass is 32.1. The van der Waals surface area contributed by atoms with Gasteiger partial charge in [-0.05, 0) is 94.2 Å². The number of carbonyl (C=O) groups excluding carboxylic acids is 5. The van der Waals surface area contributed by atoms with Gasteiger partial charge in [0.2, 0.25) is 11.8 Å². The third-order valence-corrected chi connectivity index (χ3v) is 16.8. The maximum absolute atomic E-state index is 14.9. The quantitative estimate of drug-likeness (QED) is 0.129. The Balaban J connectivity index is 1.15. The monoisotopic (exact) mass is 979 g/mol. The molecule has 5 amide bonds. The van der Waals surface area contributed by atoms with Crippen LogP contribution in [0.25, 0.3) is 33.4 Å². The van der Waals surface area contributed by atoms with E-state index in [9.17, 15) is 24.0 Å². The predicted molar refractivity (Wildman–Crippen MR) is 270 cm³/mol. The van der Waals surface area contributed by atoms with E-state index in [-0.39, 0.29) is 37.0 Å². The van der Waals surface area contributed by atoms with Crippen molar-refractivity contribution in [2.45, 2.75) is 122 Å². The number of ether oxygens (including phenoxy) is 2. The first-order valence-corrected chi connectivity index (χ1v) is 26.3. The van der Waals surface area contributed by atoms with Gasteiger partial charge in [-0.3, -0.25) is 29.2 Å². The first kappa shape index (κ1) is 50.0. The number of likely N-dealkylation sites (tertiary alicyclic amines) is 2. The van der Waals surface area contributed by atoms with Crippen molar-refractivity contribution in [3.8, 4) is 22.5 Å². The third kappa shape index (κ3) is 9.61. The molecule has 8 rings (SSSR count). The summed E-state index contributed by atoms with van der Waals surface area (Å²) in [6.07, 6.45) is 6.87. The Bertz CT molecular complexity index is 2650. The van der Waals surface area contributed by atoms with Crippen molar-refractivity contribution in [2.24, 2.45) is 11.3 Å². The van der Waals surface area contributed by atoms with Gasteiger partial charge in [0, 0.05) is 103 Å². The molecule has 3 fully saturated rings. The number of cyclic esters (lactones) is 1. The molecule has 1 aromatic carbocycles. The summed E-state index contributed by atoms with van der Waals surface area (Å²) < 4.78 is 14.4. The summed E-state index contributed by atoms with van der Waals surface area (Å²) in [7, 11) is 3.66. The summed E-state index contributed by atoms with van der Waals surface area (Å²) >= 11 is 1.42. The number of esters is 1. The van der Waals surface area contributed by atoms with Crippen molar-refractivity contribution in [1.82, 2.24) is 45.0 Å². The molecule has 4 aliphatic rings. The highest BCUT2D eigenvalue weighted by Gasteiger charge is 2.50. The number of carbonyl (C=O) groups is 5. The average Bonchev–Trinajstić information content (AvgIpc) is 4.15. The van der Waals surface area contributed by atoms with Crippen molar-refractivity contribution in [2.75, 3.05) is 46.9 Å². The number of thiazole rings is 1. The van der Waals surface area contributed by atoms with Gasteiger partial charge in [-0.2, -0.15) is 0 Å². The highest BCUT2D eigenvalue weighted by molar-refractivity contribution is 7.10. The van der Waals surface area contributed by atoms with Crippen LogP contribution in [0.5, 0.6) is 0 Å². The molecule has 0 saturated carbocycles. The van der Waals surface area contributed by atoms with E-state index in [0.717, 1.165) is 57.5 Å². The Kier molecular flexibility index (Phi) is 14.3. The maximum atomic E-state index is 14.9. The van der Waals surface area contributed by atoms with E-state index in [1.165, 1.54) is 27.3 Å². The molecule has 18 heteroatoms. The van der Waals surface area contributed by atoms with Crippen LogP contribution in [-0.4, -0.2) is 144 Å². The lowest BCUT2D eigenvalue weighted by atomic mass is 9.84. The molecule has 0 unspecified atom stereocenters. The Hall–Kier alpha value is -5.43. The zero-order valence-electron chi connectivity index (χ0n) is 41.7. The fourth-order valence-electron chi connectivity index (χ4n) is 11.2. The van der Waals surface area contributed by atoms with Crippen LogP contribution in [-0.2, 0) is 48.0 Å². The number of hydrogen-bond acceptors (Lipinski definition) is 11. The summed E-state index contributed by atoms with van der Waals surface area (Å²) in [6.45, 7) is 18.4. The molecule has 0 radical (unpaired) electrons. The van der Waals surface area contributed by atoms with Gasteiger partial charge in [-0.25, -0.2) is 15.2 Å². The summed E-state index contributed by atoms with van der Waals surface area (Å²) in [5.74, 6) is -1.75. The third-order valence-electron chi connectivity index (χ3n) is 14.8. The minimum atomic E-state index is -1.09. The fraction of sp³-hybridized carbons (Fsp3) is 0.549. The van der Waals surface area contributed by atoms with Gasteiger partial charge in [-0.15, -0.1) is 11.3 Å². The normalized spacial score (nSPS) is 23.8. The van der Waals surface area contributed by atoms with Crippen molar-refractivity contribution in [3.63, 3.8) is 0 Å². The van der Waals surface area contributed by atoms with Gasteiger partial charge in [0.15, 0.2) is 0 Å². The van der Waals surface area contributed by atoms with Crippen LogP contribution in [0.1, 0.15) is 96.0 Å². The number of nitrogens with zero attached hydrogens (tertiary/aromatic N) is 7. The van der Waals surface area contributed by atoms with E-state index in [1.54, 1.807) is 25.3 Å². The van der Waals surface area contributed by atoms with Crippen molar-refractivity contribution >= 4 is 62.2 Å². The van der Waals surface area contributed by atoms with E-state index in [0.29, 0.717) is 73.7 Å². The highest BCUT2D eigenvalue weighted by Crippen LogP contribution is 2.43. The van der Waals surface area contributed by atoms with Gasteiger partial charge >= 0.3 is 12.0 Å². The molecule has 6 bridgehead atoms. The van der Waals surface area contributed by atoms with E-state index < -0.39 is 46.0 Å². The molecular weight excluding hydrogens is 911 g/mol. The van der Waals surface area contributed by atoms with Crippen molar-refractivity contribution < 1.29 is 33.4 Å². The number of aryl methyl sites for hydroxylation is 1. The minimum Gasteiger partial charge on any atom is -0.464 e.